The molecule has 24 heavy (non-hydrogen) atoms. The lowest BCUT2D eigenvalue weighted by Crippen LogP contribution is -1.95. The molecule has 0 spiro atoms. The Hall–Kier alpha value is -2.44. The second-order valence-electron chi connectivity index (χ2n) is 5.23. The Balaban J connectivity index is 1.93. The summed E-state index contributed by atoms with van der Waals surface area (Å²) in [6.45, 7) is 1.91. The number of benzene rings is 2. The van der Waals surface area contributed by atoms with E-state index in [2.05, 4.69) is 3.77 Å². The first-order valence-electron chi connectivity index (χ1n) is 7.32. The van der Waals surface area contributed by atoms with Crippen LogP contribution in [-0.2, 0) is 21.2 Å². The second kappa shape index (κ2) is 6.98. The van der Waals surface area contributed by atoms with Gasteiger partial charge in [0.25, 0.3) is 10.0 Å². The molecule has 0 aliphatic heterocycles. The highest BCUT2D eigenvalue weighted by Gasteiger charge is 2.10. The van der Waals surface area contributed by atoms with Gasteiger partial charge in [-0.05, 0) is 54.5 Å². The van der Waals surface area contributed by atoms with Crippen molar-refractivity contribution in [3.05, 3.63) is 89.2 Å². The first-order valence-corrected chi connectivity index (χ1v) is 9.54. The fraction of sp³-hybridized carbons (Fsp3) is 0.0556. The highest BCUT2D eigenvalue weighted by Crippen LogP contribution is 2.13. The number of nitrogens with zero attached hydrogens (tertiary/aromatic N) is 2. The Morgan fingerprint density at radius 3 is 2.12 bits per heavy atom. The van der Waals surface area contributed by atoms with E-state index in [0.29, 0.717) is 0 Å². The van der Waals surface area contributed by atoms with E-state index < -0.39 is 10.0 Å². The molecule has 3 aromatic rings. The van der Waals surface area contributed by atoms with Crippen LogP contribution in [0.1, 0.15) is 5.56 Å². The number of aryl methyl sites for hydroxylation is 1. The van der Waals surface area contributed by atoms with Gasteiger partial charge >= 0.3 is 0 Å². The van der Waals surface area contributed by atoms with Crippen molar-refractivity contribution in [2.45, 2.75) is 11.8 Å². The van der Waals surface area contributed by atoms with Crippen molar-refractivity contribution < 1.29 is 8.42 Å². The monoisotopic (exact) mass is 356 g/mol. The van der Waals surface area contributed by atoms with Gasteiger partial charge in [0.15, 0.2) is 0 Å². The molecule has 0 N–H and O–H groups in total. The van der Waals surface area contributed by atoms with Crippen molar-refractivity contribution in [3.8, 4) is 5.69 Å². The normalized spacial score (nSPS) is 11.0. The number of aromatic nitrogens is 1. The summed E-state index contributed by atoms with van der Waals surface area (Å²) in [6.07, 6.45) is 3.76. The van der Waals surface area contributed by atoms with E-state index in [1.165, 1.54) is 0 Å². The summed E-state index contributed by atoms with van der Waals surface area (Å²) in [7, 11) is -3.66. The Labute approximate surface area is 144 Å². The highest BCUT2D eigenvalue weighted by atomic mass is 32.2. The van der Waals surface area contributed by atoms with Crippen LogP contribution in [0.5, 0.6) is 0 Å². The van der Waals surface area contributed by atoms with Gasteiger partial charge in [0, 0.05) is 22.6 Å². The van der Waals surface area contributed by atoms with E-state index in [0.717, 1.165) is 26.9 Å². The maximum Gasteiger partial charge on any atom is 0.292 e. The smallest absolute Gasteiger partial charge is 0.292 e. The molecule has 6 heteroatoms. The van der Waals surface area contributed by atoms with Crippen molar-refractivity contribution in [2.24, 2.45) is 3.77 Å². The minimum absolute atomic E-state index is 0.205. The van der Waals surface area contributed by atoms with Crippen molar-refractivity contribution in [1.82, 2.24) is 4.57 Å². The van der Waals surface area contributed by atoms with Crippen LogP contribution in [-0.4, -0.2) is 13.0 Å². The van der Waals surface area contributed by atoms with Crippen LogP contribution in [0.2, 0.25) is 0 Å². The Morgan fingerprint density at radius 2 is 1.50 bits per heavy atom. The maximum absolute atomic E-state index is 12.2. The molecule has 0 unspecified atom stereocenters. The van der Waals surface area contributed by atoms with Gasteiger partial charge in [-0.25, -0.2) is 0 Å². The predicted octanol–water partition coefficient (Wildman–Crippen LogP) is 3.97. The summed E-state index contributed by atoms with van der Waals surface area (Å²) < 4.78 is 31.0. The third-order valence-electron chi connectivity index (χ3n) is 3.41. The van der Waals surface area contributed by atoms with Gasteiger partial charge in [0.2, 0.25) is 0 Å². The van der Waals surface area contributed by atoms with Gasteiger partial charge in [-0.15, -0.1) is 0 Å². The molecule has 0 saturated heterocycles. The fourth-order valence-corrected chi connectivity index (χ4v) is 3.90. The number of hydrogen-bond donors (Lipinski definition) is 0. The average Bonchev–Trinajstić information content (AvgIpc) is 2.62. The van der Waals surface area contributed by atoms with Crippen molar-refractivity contribution >= 4 is 21.2 Å². The van der Waals surface area contributed by atoms with Crippen LogP contribution in [0.25, 0.3) is 5.69 Å². The lowest BCUT2D eigenvalue weighted by atomic mass is 10.2. The molecule has 2 aromatic carbocycles. The summed E-state index contributed by atoms with van der Waals surface area (Å²) in [6, 6.07) is 20.2. The van der Waals surface area contributed by atoms with E-state index in [9.17, 15) is 8.42 Å². The molecule has 3 rings (SSSR count). The summed E-state index contributed by atoms with van der Waals surface area (Å²) in [5.41, 5.74) is 2.05. The van der Waals surface area contributed by atoms with Crippen LogP contribution < -0.4 is 0 Å². The van der Waals surface area contributed by atoms with Crippen LogP contribution in [0, 0.1) is 11.4 Å². The number of rotatable bonds is 3. The molecule has 1 aromatic heterocycles. The summed E-state index contributed by atoms with van der Waals surface area (Å²) in [5, 5.41) is 0. The Bertz CT molecular complexity index is 1030. The SMILES string of the molecule is Cc1ccc(S(=O)(=O)N=S=c2ccn(-c3ccccc3)cc2)cc1. The van der Waals surface area contributed by atoms with E-state index in [1.54, 1.807) is 24.3 Å². The number of sulfonamides is 1. The van der Waals surface area contributed by atoms with Crippen LogP contribution in [0.4, 0.5) is 0 Å². The van der Waals surface area contributed by atoms with Crippen molar-refractivity contribution in [2.75, 3.05) is 0 Å². The molecule has 0 atom stereocenters. The zero-order valence-corrected chi connectivity index (χ0v) is 14.7. The molecule has 1 heterocycles. The molecule has 0 aliphatic carbocycles. The molecule has 0 aliphatic rings. The third kappa shape index (κ3) is 3.90. The van der Waals surface area contributed by atoms with Gasteiger partial charge in [0.1, 0.15) is 0 Å². The molecule has 4 nitrogen and oxygen atoms in total. The lowest BCUT2D eigenvalue weighted by Gasteiger charge is -2.04. The van der Waals surface area contributed by atoms with Crippen LogP contribution >= 0.6 is 0 Å². The summed E-state index contributed by atoms with van der Waals surface area (Å²) in [4.78, 5) is 0.205. The minimum Gasteiger partial charge on any atom is -0.324 e. The average molecular weight is 356 g/mol. The van der Waals surface area contributed by atoms with Gasteiger partial charge in [0.05, 0.1) is 4.90 Å². The molecule has 0 amide bonds. The Kier molecular flexibility index (Phi) is 4.78. The van der Waals surface area contributed by atoms with Gasteiger partial charge in [-0.3, -0.25) is 0 Å². The van der Waals surface area contributed by atoms with Gasteiger partial charge in [-0.2, -0.15) is 8.42 Å². The fourth-order valence-electron chi connectivity index (χ4n) is 2.09. The van der Waals surface area contributed by atoms with E-state index in [4.69, 9.17) is 0 Å². The largest absolute Gasteiger partial charge is 0.324 e. The lowest BCUT2D eigenvalue weighted by molar-refractivity contribution is 0.598. The third-order valence-corrected chi connectivity index (χ3v) is 5.85. The first-order chi connectivity index (χ1) is 11.5. The molecular weight excluding hydrogens is 340 g/mol. The summed E-state index contributed by atoms with van der Waals surface area (Å²) >= 11 is 0.954. The van der Waals surface area contributed by atoms with Crippen molar-refractivity contribution in [1.29, 1.82) is 0 Å². The molecule has 0 saturated carbocycles. The number of pyridine rings is 1. The molecule has 122 valence electrons. The standard InChI is InChI=1S/C18H16N2O2S2/c1-15-7-9-18(10-8-15)24(21,22)19-23-17-11-13-20(14-12-17)16-5-3-2-4-6-16/h2-14H,1H3. The van der Waals surface area contributed by atoms with Crippen LogP contribution in [0.15, 0.2) is 87.8 Å². The minimum atomic E-state index is -3.66. The van der Waals surface area contributed by atoms with Gasteiger partial charge in [-0.1, -0.05) is 39.7 Å². The predicted molar refractivity (Wildman–Crippen MR) is 97.2 cm³/mol. The number of hydrogen-bond acceptors (Lipinski definition) is 2. The van der Waals surface area contributed by atoms with E-state index in [1.807, 2.05) is 66.3 Å². The molecule has 0 bridgehead atoms. The Morgan fingerprint density at radius 1 is 0.875 bits per heavy atom. The second-order valence-corrected chi connectivity index (χ2v) is 7.90. The van der Waals surface area contributed by atoms with Crippen molar-refractivity contribution in [3.63, 3.8) is 0 Å². The molecular formula is C18H16N2O2S2. The zero-order chi connectivity index (χ0) is 17.0. The number of para-hydroxylation sites is 1. The summed E-state index contributed by atoms with van der Waals surface area (Å²) in [5.74, 6) is 0. The van der Waals surface area contributed by atoms with Crippen LogP contribution in [0.3, 0.4) is 0 Å². The first kappa shape index (κ1) is 16.4. The van der Waals surface area contributed by atoms with Gasteiger partial charge < -0.3 is 4.57 Å². The quantitative estimate of drug-likeness (QED) is 0.667. The van der Waals surface area contributed by atoms with E-state index >= 15 is 0 Å². The maximum atomic E-state index is 12.2. The molecule has 0 fully saturated rings. The zero-order valence-electron chi connectivity index (χ0n) is 13.0. The highest BCUT2D eigenvalue weighted by molar-refractivity contribution is 7.93. The van der Waals surface area contributed by atoms with E-state index in [-0.39, 0.29) is 4.90 Å². The molecule has 0 radical (unpaired) electrons. The topological polar surface area (TPSA) is 51.4 Å².